The summed E-state index contributed by atoms with van der Waals surface area (Å²) in [6.45, 7) is 12.9. The molecule has 0 atom stereocenters. The molecule has 7 N–H and O–H groups in total. The van der Waals surface area contributed by atoms with Crippen molar-refractivity contribution in [2.45, 2.75) is 118 Å². The van der Waals surface area contributed by atoms with Gasteiger partial charge in [0.05, 0.1) is 46.7 Å². The molecule has 2 aliphatic heterocycles. The average Bonchev–Trinajstić information content (AvgIpc) is 4.32. The molecular formula is C62H70FN11O8. The van der Waals surface area contributed by atoms with Gasteiger partial charge in [-0.15, -0.1) is 0 Å². The van der Waals surface area contributed by atoms with Crippen LogP contribution in [0.2, 0.25) is 0 Å². The number of halogens is 1. The summed E-state index contributed by atoms with van der Waals surface area (Å²) in [6.07, 6.45) is 8.62. The van der Waals surface area contributed by atoms with Crippen molar-refractivity contribution in [1.29, 1.82) is 0 Å². The van der Waals surface area contributed by atoms with Gasteiger partial charge in [-0.05, 0) is 124 Å². The highest BCUT2D eigenvalue weighted by Gasteiger charge is 2.25. The van der Waals surface area contributed by atoms with E-state index in [2.05, 4.69) is 36.8 Å². The Labute approximate surface area is 475 Å². The molecule has 19 nitrogen and oxygen atoms in total. The molecule has 0 unspecified atom stereocenters. The summed E-state index contributed by atoms with van der Waals surface area (Å²) in [5.74, 6) is -2.47. The topological polar surface area (TPSA) is 249 Å². The number of aromatic carboxylic acids is 1. The second-order valence-corrected chi connectivity index (χ2v) is 20.2. The third-order valence-corrected chi connectivity index (χ3v) is 14.9. The first-order valence-corrected chi connectivity index (χ1v) is 28.1. The van der Waals surface area contributed by atoms with Gasteiger partial charge in [-0.25, -0.2) is 28.5 Å². The molecule has 0 bridgehead atoms. The number of anilines is 2. The number of aromatic nitrogens is 6. The van der Waals surface area contributed by atoms with Crippen molar-refractivity contribution in [1.82, 2.24) is 45.5 Å². The number of aliphatic hydroxyl groups is 1. The summed E-state index contributed by atoms with van der Waals surface area (Å²) in [7, 11) is 0. The van der Waals surface area contributed by atoms with Crippen LogP contribution in [-0.2, 0) is 61.6 Å². The maximum Gasteiger partial charge on any atom is 0.335 e. The van der Waals surface area contributed by atoms with Gasteiger partial charge in [0.1, 0.15) is 5.82 Å². The lowest BCUT2D eigenvalue weighted by molar-refractivity contribution is 0.0696. The Hall–Kier alpha value is -8.59. The predicted octanol–water partition coefficient (Wildman–Crippen LogP) is 9.00. The Kier molecular flexibility index (Phi) is 19.3. The number of amides is 3. The van der Waals surface area contributed by atoms with Crippen molar-refractivity contribution < 1.29 is 43.3 Å². The lowest BCUT2D eigenvalue weighted by Gasteiger charge is -2.26. The van der Waals surface area contributed by atoms with Crippen LogP contribution >= 0.6 is 0 Å². The van der Waals surface area contributed by atoms with E-state index in [1.165, 1.54) is 18.2 Å². The molecule has 3 amide bonds. The number of carboxylic acids is 1. The average molecular weight is 1120 g/mol. The number of hydrogen-bond donors (Lipinski definition) is 7. The smallest absolute Gasteiger partial charge is 0.335 e. The van der Waals surface area contributed by atoms with Crippen molar-refractivity contribution in [3.63, 3.8) is 0 Å². The number of fused-ring (bicyclic) bond motifs is 2. The van der Waals surface area contributed by atoms with Crippen LogP contribution in [0.25, 0.3) is 33.2 Å². The summed E-state index contributed by atoms with van der Waals surface area (Å²) in [5.41, 5.74) is 10.6. The molecule has 20 heteroatoms. The fraction of sp³-hybridized carbons (Fsp3) is 0.355. The number of pyridine rings is 2. The van der Waals surface area contributed by atoms with E-state index in [1.54, 1.807) is 72.8 Å². The van der Waals surface area contributed by atoms with Gasteiger partial charge in [0.2, 0.25) is 0 Å². The maximum atomic E-state index is 14.7. The second kappa shape index (κ2) is 27.2. The van der Waals surface area contributed by atoms with Gasteiger partial charge < -0.3 is 46.3 Å². The Morgan fingerprint density at radius 1 is 0.585 bits per heavy atom. The highest BCUT2D eigenvalue weighted by molar-refractivity contribution is 6.00. The molecule has 2 saturated heterocycles. The molecule has 4 aromatic heterocycles. The molecular weight excluding hydrogens is 1050 g/mol. The number of carboxylic acid groups (broad SMARTS) is 1. The number of nitrogens with one attached hydrogen (secondary N) is 5. The van der Waals surface area contributed by atoms with Crippen LogP contribution in [-0.4, -0.2) is 102 Å². The normalized spacial score (nSPS) is 13.8. The van der Waals surface area contributed by atoms with Crippen LogP contribution in [0.3, 0.4) is 0 Å². The summed E-state index contributed by atoms with van der Waals surface area (Å²) in [5, 5.41) is 45.9. The minimum atomic E-state index is -1.07. The van der Waals surface area contributed by atoms with Gasteiger partial charge in [-0.3, -0.25) is 14.4 Å². The summed E-state index contributed by atoms with van der Waals surface area (Å²) in [6, 6.07) is 24.8. The number of rotatable bonds is 20. The SMILES string of the molecule is CCc1nc2c(cnn2CC)c(NC2CCOCC2)c1CNC(=O)c1cccc(C(=O)NCc2ccc(F)c(-c3cccc(CO)c3)c2)c1.CCc1nc2c(cnn2CC)c(NC2CCOCC2)c1CNC(=O)c1cccc(C(=O)O)c1. The third kappa shape index (κ3) is 13.6. The molecule has 2 fully saturated rings. The van der Waals surface area contributed by atoms with Crippen LogP contribution in [0.15, 0.2) is 103 Å². The second-order valence-electron chi connectivity index (χ2n) is 20.2. The number of benzene rings is 4. The molecule has 82 heavy (non-hydrogen) atoms. The number of aliphatic hydroxyl groups excluding tert-OH is 1. The molecule has 0 spiro atoms. The van der Waals surface area contributed by atoms with Crippen molar-refractivity contribution in [3.05, 3.63) is 165 Å². The van der Waals surface area contributed by atoms with Crippen LogP contribution in [0.5, 0.6) is 0 Å². The Morgan fingerprint density at radius 3 is 1.51 bits per heavy atom. The Morgan fingerprint density at radius 2 is 1.05 bits per heavy atom. The van der Waals surface area contributed by atoms with E-state index in [-0.39, 0.29) is 61.6 Å². The lowest BCUT2D eigenvalue weighted by Crippen LogP contribution is -2.30. The maximum absolute atomic E-state index is 14.7. The zero-order valence-electron chi connectivity index (χ0n) is 46.7. The number of carbonyl (C=O) groups is 4. The van der Waals surface area contributed by atoms with Crippen LogP contribution in [0, 0.1) is 5.82 Å². The minimum absolute atomic E-state index is 0.0776. The fourth-order valence-electron chi connectivity index (χ4n) is 10.4. The van der Waals surface area contributed by atoms with Crippen molar-refractivity contribution in [2.75, 3.05) is 37.1 Å². The molecule has 0 saturated carbocycles. The standard InChI is InChI=1S/C38H41FN6O4.C24H29N5O4/c1-3-34-31(35(43-29-13-15-49-16-14-29)32-22-42-45(4-2)36(32)44-34)21-41-38(48)28-10-6-9-27(19-28)37(47)40-20-24-11-12-33(39)30(18-24)26-8-5-7-25(17-26)23-46;1-3-20-18(13-25-23(30)15-6-5-7-16(12-15)24(31)32)21(27-17-8-10-33-11-9-17)19-14-26-29(4-2)22(19)28-20/h5-12,17-19,22,29,46H,3-4,13-16,20-21,23H2,1-2H3,(H,40,47)(H,41,48)(H,43,44);5-7,12,14,17H,3-4,8-11,13H2,1-2H3,(H,25,30)(H,27,28)(H,31,32). The van der Waals surface area contributed by atoms with Gasteiger partial charge in [0.25, 0.3) is 17.7 Å². The van der Waals surface area contributed by atoms with E-state index in [0.717, 1.165) is 81.6 Å². The van der Waals surface area contributed by atoms with Crippen molar-refractivity contribution in [2.24, 2.45) is 0 Å². The van der Waals surface area contributed by atoms with Gasteiger partial charge >= 0.3 is 5.97 Å². The highest BCUT2D eigenvalue weighted by Crippen LogP contribution is 2.33. The zero-order valence-corrected chi connectivity index (χ0v) is 46.7. The number of carbonyl (C=O) groups excluding carboxylic acids is 3. The molecule has 6 heterocycles. The Balaban J connectivity index is 0.000000213. The van der Waals surface area contributed by atoms with E-state index >= 15 is 0 Å². The molecule has 4 aromatic carbocycles. The van der Waals surface area contributed by atoms with Gasteiger partial charge in [0, 0.05) is 116 Å². The number of nitrogens with zero attached hydrogens (tertiary/aromatic N) is 6. The minimum Gasteiger partial charge on any atom is -0.478 e. The molecule has 8 aromatic rings. The fourth-order valence-corrected chi connectivity index (χ4v) is 10.4. The van der Waals surface area contributed by atoms with E-state index in [4.69, 9.17) is 19.4 Å². The quantitative estimate of drug-likeness (QED) is 0.0376. The third-order valence-electron chi connectivity index (χ3n) is 14.9. The highest BCUT2D eigenvalue weighted by atomic mass is 19.1. The molecule has 10 rings (SSSR count). The zero-order chi connectivity index (χ0) is 57.7. The van der Waals surface area contributed by atoms with Crippen LogP contribution < -0.4 is 26.6 Å². The molecule has 2 aliphatic rings. The number of aryl methyl sites for hydroxylation is 4. The molecule has 0 radical (unpaired) electrons. The van der Waals surface area contributed by atoms with Crippen LogP contribution in [0.1, 0.15) is 128 Å². The number of hydrogen-bond acceptors (Lipinski definition) is 13. The van der Waals surface area contributed by atoms with Gasteiger partial charge in [0.15, 0.2) is 11.3 Å². The summed E-state index contributed by atoms with van der Waals surface area (Å²) in [4.78, 5) is 60.5. The number of ether oxygens (including phenoxy) is 2. The van der Waals surface area contributed by atoms with E-state index < -0.39 is 11.8 Å². The van der Waals surface area contributed by atoms with E-state index in [0.29, 0.717) is 91.3 Å². The first kappa shape index (κ1) is 58.1. The first-order chi connectivity index (χ1) is 39.9. The van der Waals surface area contributed by atoms with Crippen LogP contribution in [0.4, 0.5) is 15.8 Å². The van der Waals surface area contributed by atoms with E-state index in [1.807, 2.05) is 49.5 Å². The van der Waals surface area contributed by atoms with Crippen molar-refractivity contribution >= 4 is 57.1 Å². The first-order valence-electron chi connectivity index (χ1n) is 28.1. The van der Waals surface area contributed by atoms with Crippen molar-refractivity contribution in [3.8, 4) is 11.1 Å². The predicted molar refractivity (Wildman–Crippen MR) is 311 cm³/mol. The van der Waals surface area contributed by atoms with Gasteiger partial charge in [-0.2, -0.15) is 10.2 Å². The summed E-state index contributed by atoms with van der Waals surface area (Å²) >= 11 is 0. The van der Waals surface area contributed by atoms with E-state index in [9.17, 15) is 33.8 Å². The Bertz CT molecular complexity index is 3590. The molecule has 428 valence electrons. The largest absolute Gasteiger partial charge is 0.478 e. The monoisotopic (exact) mass is 1120 g/mol. The lowest BCUT2D eigenvalue weighted by atomic mass is 10.0. The van der Waals surface area contributed by atoms with Gasteiger partial charge in [-0.1, -0.05) is 50.2 Å². The molecule has 0 aliphatic carbocycles. The summed E-state index contributed by atoms with van der Waals surface area (Å²) < 4.78 is 29.5.